The molecular weight excluding hydrogens is 394 g/mol. The Bertz CT molecular complexity index is 1070. The number of amides is 2. The van der Waals surface area contributed by atoms with E-state index in [4.69, 9.17) is 4.74 Å². The van der Waals surface area contributed by atoms with Crippen LogP contribution in [0.5, 0.6) is 0 Å². The molecule has 1 aromatic heterocycles. The first-order chi connectivity index (χ1) is 15.0. The van der Waals surface area contributed by atoms with Crippen LogP contribution in [0.1, 0.15) is 29.8 Å². The van der Waals surface area contributed by atoms with Crippen LogP contribution in [0.15, 0.2) is 60.8 Å². The van der Waals surface area contributed by atoms with E-state index in [0.717, 1.165) is 16.5 Å². The average molecular weight is 419 g/mol. The fourth-order valence-electron chi connectivity index (χ4n) is 3.25. The van der Waals surface area contributed by atoms with Crippen LogP contribution in [0.2, 0.25) is 0 Å². The molecule has 160 valence electrons. The molecule has 2 amide bonds. The molecule has 0 spiro atoms. The quantitative estimate of drug-likeness (QED) is 0.565. The maximum absolute atomic E-state index is 12.3. The highest BCUT2D eigenvalue weighted by atomic mass is 16.5. The maximum Gasteiger partial charge on any atom is 0.310 e. The largest absolute Gasteiger partial charge is 0.455 e. The van der Waals surface area contributed by atoms with E-state index in [1.807, 2.05) is 44.2 Å². The molecule has 0 fully saturated rings. The first kappa shape index (κ1) is 22.0. The third kappa shape index (κ3) is 5.66. The molecule has 0 aliphatic carbocycles. The minimum atomic E-state index is -0.506. The van der Waals surface area contributed by atoms with Crippen LogP contribution >= 0.6 is 0 Å². The van der Waals surface area contributed by atoms with Crippen molar-refractivity contribution in [1.29, 1.82) is 0 Å². The third-order valence-electron chi connectivity index (χ3n) is 4.88. The van der Waals surface area contributed by atoms with E-state index >= 15 is 0 Å². The minimum Gasteiger partial charge on any atom is -0.455 e. The van der Waals surface area contributed by atoms with Gasteiger partial charge in [0.05, 0.1) is 11.9 Å². The van der Waals surface area contributed by atoms with Crippen LogP contribution in [-0.2, 0) is 20.7 Å². The van der Waals surface area contributed by atoms with Crippen LogP contribution in [0, 0.1) is 0 Å². The van der Waals surface area contributed by atoms with E-state index < -0.39 is 18.5 Å². The summed E-state index contributed by atoms with van der Waals surface area (Å²) in [7, 11) is 0. The summed E-state index contributed by atoms with van der Waals surface area (Å²) in [4.78, 5) is 42.7. The van der Waals surface area contributed by atoms with Crippen molar-refractivity contribution in [1.82, 2.24) is 9.88 Å². The van der Waals surface area contributed by atoms with Crippen molar-refractivity contribution in [2.24, 2.45) is 0 Å². The molecule has 0 radical (unpaired) electrons. The number of benzene rings is 2. The zero-order valence-corrected chi connectivity index (χ0v) is 17.6. The lowest BCUT2D eigenvalue weighted by atomic mass is 10.1. The summed E-state index contributed by atoms with van der Waals surface area (Å²) in [5.74, 6) is -1.01. The van der Waals surface area contributed by atoms with E-state index in [1.54, 1.807) is 35.4 Å². The third-order valence-corrected chi connectivity index (χ3v) is 4.88. The van der Waals surface area contributed by atoms with Crippen molar-refractivity contribution in [2.75, 3.05) is 25.0 Å². The van der Waals surface area contributed by atoms with Gasteiger partial charge in [0.25, 0.3) is 11.8 Å². The zero-order valence-electron chi connectivity index (χ0n) is 17.6. The molecule has 3 rings (SSSR count). The van der Waals surface area contributed by atoms with Gasteiger partial charge in [-0.05, 0) is 49.7 Å². The summed E-state index contributed by atoms with van der Waals surface area (Å²) in [6.45, 7) is 4.72. The molecule has 3 aromatic rings. The number of rotatable bonds is 8. The fraction of sp³-hybridized carbons (Fsp3) is 0.250. The Morgan fingerprint density at radius 1 is 0.968 bits per heavy atom. The van der Waals surface area contributed by atoms with Crippen molar-refractivity contribution >= 4 is 34.4 Å². The Morgan fingerprint density at radius 3 is 2.39 bits per heavy atom. The van der Waals surface area contributed by atoms with Gasteiger partial charge in [-0.25, -0.2) is 0 Å². The molecule has 7 nitrogen and oxygen atoms in total. The molecule has 1 N–H and O–H groups in total. The number of esters is 1. The highest BCUT2D eigenvalue weighted by molar-refractivity contribution is 5.96. The first-order valence-corrected chi connectivity index (χ1v) is 10.2. The van der Waals surface area contributed by atoms with Gasteiger partial charge in [0.1, 0.15) is 0 Å². The lowest BCUT2D eigenvalue weighted by Crippen LogP contribution is -2.30. The zero-order chi connectivity index (χ0) is 22.2. The molecule has 0 saturated carbocycles. The Kier molecular flexibility index (Phi) is 7.32. The second-order valence-electron chi connectivity index (χ2n) is 6.93. The topological polar surface area (TPSA) is 88.6 Å². The number of para-hydroxylation sites is 1. The Balaban J connectivity index is 1.52. The van der Waals surface area contributed by atoms with Crippen LogP contribution in [0.4, 0.5) is 5.69 Å². The standard InChI is InChI=1S/C24H25N3O4/c1-3-27(4-2)24(30)18-10-12-20(13-11-18)26-21(28)16-31-22(29)15-19-8-5-7-17-9-6-14-25-23(17)19/h5-14H,3-4,15-16H2,1-2H3,(H,26,28). The lowest BCUT2D eigenvalue weighted by Gasteiger charge is -2.18. The van der Waals surface area contributed by atoms with Gasteiger partial charge in [-0.15, -0.1) is 0 Å². The Labute approximate surface area is 181 Å². The van der Waals surface area contributed by atoms with Gasteiger partial charge >= 0.3 is 5.97 Å². The van der Waals surface area contributed by atoms with E-state index in [1.165, 1.54) is 0 Å². The summed E-state index contributed by atoms with van der Waals surface area (Å²) in [5.41, 5.74) is 2.56. The van der Waals surface area contributed by atoms with Crippen molar-refractivity contribution in [2.45, 2.75) is 20.3 Å². The van der Waals surface area contributed by atoms with Crippen LogP contribution in [0.3, 0.4) is 0 Å². The summed E-state index contributed by atoms with van der Waals surface area (Å²) in [6, 6.07) is 16.0. The number of hydrogen-bond donors (Lipinski definition) is 1. The van der Waals surface area contributed by atoms with E-state index in [0.29, 0.717) is 24.3 Å². The van der Waals surface area contributed by atoms with Crippen LogP contribution in [-0.4, -0.2) is 47.4 Å². The highest BCUT2D eigenvalue weighted by Gasteiger charge is 2.14. The number of anilines is 1. The maximum atomic E-state index is 12.3. The van der Waals surface area contributed by atoms with E-state index in [-0.39, 0.29) is 12.3 Å². The predicted octanol–water partition coefficient (Wildman–Crippen LogP) is 3.44. The van der Waals surface area contributed by atoms with E-state index in [2.05, 4.69) is 10.3 Å². The number of carbonyl (C=O) groups is 3. The minimum absolute atomic E-state index is 0.0315. The normalized spacial score (nSPS) is 10.5. The van der Waals surface area contributed by atoms with Crippen molar-refractivity contribution in [3.05, 3.63) is 71.9 Å². The molecule has 2 aromatic carbocycles. The number of aromatic nitrogens is 1. The van der Waals surface area contributed by atoms with Gasteiger partial charge in [0.15, 0.2) is 6.61 Å². The summed E-state index contributed by atoms with van der Waals surface area (Å²) in [5, 5.41) is 3.60. The summed E-state index contributed by atoms with van der Waals surface area (Å²) < 4.78 is 5.11. The molecular formula is C24H25N3O4. The molecule has 0 aliphatic heterocycles. The molecule has 31 heavy (non-hydrogen) atoms. The number of hydrogen-bond acceptors (Lipinski definition) is 5. The van der Waals surface area contributed by atoms with Crippen molar-refractivity contribution in [3.8, 4) is 0 Å². The van der Waals surface area contributed by atoms with Gasteiger partial charge in [-0.2, -0.15) is 0 Å². The molecule has 7 heteroatoms. The van der Waals surface area contributed by atoms with Gasteiger partial charge in [0, 0.05) is 35.9 Å². The molecule has 0 aliphatic rings. The van der Waals surface area contributed by atoms with Gasteiger partial charge in [0.2, 0.25) is 0 Å². The van der Waals surface area contributed by atoms with E-state index in [9.17, 15) is 14.4 Å². The van der Waals surface area contributed by atoms with Crippen molar-refractivity contribution in [3.63, 3.8) is 0 Å². The number of pyridine rings is 1. The smallest absolute Gasteiger partial charge is 0.310 e. The average Bonchev–Trinajstić information content (AvgIpc) is 2.79. The lowest BCUT2D eigenvalue weighted by molar-refractivity contribution is -0.146. The molecule has 1 heterocycles. The number of carbonyl (C=O) groups excluding carboxylic acids is 3. The molecule has 0 unspecified atom stereocenters. The Morgan fingerprint density at radius 2 is 1.68 bits per heavy atom. The number of fused-ring (bicyclic) bond motifs is 1. The number of nitrogens with one attached hydrogen (secondary N) is 1. The summed E-state index contributed by atoms with van der Waals surface area (Å²) >= 11 is 0. The Hall–Kier alpha value is -3.74. The number of ether oxygens (including phenoxy) is 1. The number of nitrogens with zero attached hydrogens (tertiary/aromatic N) is 2. The SMILES string of the molecule is CCN(CC)C(=O)c1ccc(NC(=O)COC(=O)Cc2cccc3cccnc23)cc1. The second kappa shape index (κ2) is 10.3. The van der Waals surface area contributed by atoms with Crippen LogP contribution < -0.4 is 5.32 Å². The van der Waals surface area contributed by atoms with Crippen LogP contribution in [0.25, 0.3) is 10.9 Å². The predicted molar refractivity (Wildman–Crippen MR) is 119 cm³/mol. The fourth-order valence-corrected chi connectivity index (χ4v) is 3.25. The second-order valence-corrected chi connectivity index (χ2v) is 6.93. The molecule has 0 bridgehead atoms. The van der Waals surface area contributed by atoms with Gasteiger partial charge < -0.3 is 15.0 Å². The molecule has 0 saturated heterocycles. The first-order valence-electron chi connectivity index (χ1n) is 10.2. The van der Waals surface area contributed by atoms with Crippen molar-refractivity contribution < 1.29 is 19.1 Å². The highest BCUT2D eigenvalue weighted by Crippen LogP contribution is 2.17. The van der Waals surface area contributed by atoms with Gasteiger partial charge in [-0.1, -0.05) is 24.3 Å². The summed E-state index contributed by atoms with van der Waals surface area (Å²) in [6.07, 6.45) is 1.70. The monoisotopic (exact) mass is 419 g/mol. The van der Waals surface area contributed by atoms with Gasteiger partial charge in [-0.3, -0.25) is 19.4 Å². The molecule has 0 atom stereocenters.